The van der Waals surface area contributed by atoms with Crippen LogP contribution in [-0.2, 0) is 75.8 Å². The third kappa shape index (κ3) is 36.0. The van der Waals surface area contributed by atoms with Gasteiger partial charge in [0.15, 0.2) is 6.29 Å². The van der Waals surface area contributed by atoms with Gasteiger partial charge in [0.1, 0.15) is 0 Å². The Bertz CT molecular complexity index is 3380. The number of hydroxylamine groups is 1. The van der Waals surface area contributed by atoms with Gasteiger partial charge in [-0.05, 0) is 162 Å². The number of carbonyl (C=O) groups excluding carboxylic acids is 4. The fourth-order valence-electron chi connectivity index (χ4n) is 9.38. The van der Waals surface area contributed by atoms with E-state index in [1.807, 2.05) is 79.3 Å². The average molecular weight is 1320 g/mol. The highest BCUT2D eigenvalue weighted by Crippen LogP contribution is 2.17. The van der Waals surface area contributed by atoms with Crippen LogP contribution in [0.4, 0.5) is 0 Å². The Hall–Kier alpha value is -9.88. The second kappa shape index (κ2) is 51.5. The Balaban J connectivity index is 0.000000453. The van der Waals surface area contributed by atoms with Crippen molar-refractivity contribution in [2.75, 3.05) is 33.9 Å². The van der Waals surface area contributed by atoms with Gasteiger partial charge in [0.05, 0.1) is 14.2 Å². The molecular weight excluding hydrogens is 1220 g/mol. The molecule has 0 spiro atoms. The Morgan fingerprint density at radius 3 is 1.14 bits per heavy atom. The predicted molar refractivity (Wildman–Crippen MR) is 389 cm³/mol. The molecule has 0 saturated carbocycles. The number of aldehydes is 1. The van der Waals surface area contributed by atoms with Crippen molar-refractivity contribution >= 4 is 54.8 Å². The number of carbonyl (C=O) groups is 4. The van der Waals surface area contributed by atoms with E-state index in [9.17, 15) is 19.2 Å². The zero-order valence-corrected chi connectivity index (χ0v) is 54.3. The number of hydrogen-bond donors (Lipinski definition) is 5. The standard InChI is InChI=1S/C26H28N2O2.C25H27N3O2.C20H23NO2.C6H5NO.2CH4.ClH.H3NO/c1-30-26(29)16-15-23-11-13-24(14-12-23)20-28(21-25-9-5-17-27-19-25)18-6-10-22-7-3-2-4-8-22;29-25(27-30)15-14-22-10-12-23(13-11-22)19-28(20-24-8-4-16-26-18-24)17-5-9-21-6-2-1-3-7-21;1-23-20(22)14-13-18-9-11-19(12-10-18)16-21-15-5-8-17-6-3-2-4-7-17;8-5-6-2-1-3-7-4-6;;;;1-2/h2-5,7-9,11-17,19H,6,10,18,20-21H2,1H3;1-4,6-8,10-16,18,30H,5,9,17,19-20H2,(H,27,29);2-4,6-7,9-14,21H,5,8,15-16H2,1H3;1-5H;2*1H4;1H;2H,1H2/b16-15+;15-14+;14-13+;;;;;. The van der Waals surface area contributed by atoms with Crippen molar-refractivity contribution < 1.29 is 39.1 Å². The largest absolute Gasteiger partial charge is 0.466 e. The Morgan fingerprint density at radius 1 is 0.438 bits per heavy atom. The summed E-state index contributed by atoms with van der Waals surface area (Å²) in [5, 5.41) is 18.5. The van der Waals surface area contributed by atoms with E-state index in [1.165, 1.54) is 83.2 Å². The highest BCUT2D eigenvalue weighted by atomic mass is 35.5. The lowest BCUT2D eigenvalue weighted by atomic mass is 10.1. The van der Waals surface area contributed by atoms with Crippen LogP contribution in [0.3, 0.4) is 0 Å². The van der Waals surface area contributed by atoms with Crippen LogP contribution in [0.2, 0.25) is 0 Å². The van der Waals surface area contributed by atoms with E-state index in [-0.39, 0.29) is 39.2 Å². The maximum Gasteiger partial charge on any atom is 0.330 e. The minimum Gasteiger partial charge on any atom is -0.466 e. The SMILES string of the molecule is C.C.COC(=O)/C=C/c1ccc(CN(CCCc2ccccc2)Cc2cccnc2)cc1.COC(=O)/C=C/c1ccc(CNCCCc2ccccc2)cc1.Cl.NO.O=C(/C=C/c1ccc(CN(CCCc2ccccc2)Cc2cccnc2)cc1)NO.O=Cc1cccnc1. The monoisotopic (exact) mass is 1320 g/mol. The van der Waals surface area contributed by atoms with Gasteiger partial charge in [-0.25, -0.2) is 21.0 Å². The zero-order valence-electron chi connectivity index (χ0n) is 53.5. The van der Waals surface area contributed by atoms with E-state index in [1.54, 1.807) is 48.2 Å². The Morgan fingerprint density at radius 2 is 0.792 bits per heavy atom. The molecule has 0 aliphatic rings. The molecule has 3 heterocycles. The molecule has 3 aromatic heterocycles. The molecule has 0 atom stereocenters. The van der Waals surface area contributed by atoms with Crippen molar-refractivity contribution in [3.63, 3.8) is 0 Å². The van der Waals surface area contributed by atoms with Gasteiger partial charge in [0, 0.05) is 93.7 Å². The smallest absolute Gasteiger partial charge is 0.330 e. The molecule has 96 heavy (non-hydrogen) atoms. The van der Waals surface area contributed by atoms with Crippen LogP contribution in [0.5, 0.6) is 0 Å². The average Bonchev–Trinajstić information content (AvgIpc) is 1.47. The van der Waals surface area contributed by atoms with Gasteiger partial charge in [0.25, 0.3) is 5.91 Å². The third-order valence-electron chi connectivity index (χ3n) is 14.1. The molecule has 0 radical (unpaired) electrons. The summed E-state index contributed by atoms with van der Waals surface area (Å²) in [7, 11) is 2.75. The minimum atomic E-state index is -0.542. The first-order valence-corrected chi connectivity index (χ1v) is 30.7. The highest BCUT2D eigenvalue weighted by molar-refractivity contribution is 5.91. The van der Waals surface area contributed by atoms with Crippen LogP contribution in [0, 0.1) is 0 Å². The van der Waals surface area contributed by atoms with Gasteiger partial charge in [-0.2, -0.15) is 0 Å². The third-order valence-corrected chi connectivity index (χ3v) is 14.1. The van der Waals surface area contributed by atoms with Crippen molar-refractivity contribution in [1.82, 2.24) is 35.5 Å². The lowest BCUT2D eigenvalue weighted by molar-refractivity contribution is -0.135. The normalized spacial score (nSPS) is 10.3. The fraction of sp³-hybridized carbons (Fsp3) is 0.228. The molecule has 0 unspecified atom stereocenters. The summed E-state index contributed by atoms with van der Waals surface area (Å²) in [5.41, 5.74) is 15.3. The summed E-state index contributed by atoms with van der Waals surface area (Å²) in [5.74, 6) is 2.27. The number of esters is 2. The topological polar surface area (TPSA) is 222 Å². The van der Waals surface area contributed by atoms with E-state index in [0.29, 0.717) is 5.56 Å². The number of nitrogens with two attached hydrogens (primary N) is 1. The van der Waals surface area contributed by atoms with Crippen LogP contribution in [0.15, 0.2) is 256 Å². The first-order valence-electron chi connectivity index (χ1n) is 30.7. The lowest BCUT2D eigenvalue weighted by Gasteiger charge is -2.22. The first kappa shape index (κ1) is 82.2. The molecule has 0 bridgehead atoms. The Kier molecular flexibility index (Phi) is 44.1. The van der Waals surface area contributed by atoms with Gasteiger partial charge in [0.2, 0.25) is 0 Å². The lowest BCUT2D eigenvalue weighted by Crippen LogP contribution is -2.24. The molecule has 9 aromatic rings. The van der Waals surface area contributed by atoms with Crippen LogP contribution >= 0.6 is 12.4 Å². The summed E-state index contributed by atoms with van der Waals surface area (Å²) in [6.45, 7) is 7.27. The van der Waals surface area contributed by atoms with Crippen LogP contribution < -0.4 is 16.7 Å². The number of benzene rings is 6. The van der Waals surface area contributed by atoms with E-state index >= 15 is 0 Å². The van der Waals surface area contributed by atoms with Crippen molar-refractivity contribution in [3.8, 4) is 0 Å². The number of hydrogen-bond acceptors (Lipinski definition) is 15. The molecule has 0 saturated heterocycles. The van der Waals surface area contributed by atoms with Crippen molar-refractivity contribution in [2.24, 2.45) is 5.90 Å². The van der Waals surface area contributed by atoms with Gasteiger partial charge in [-0.3, -0.25) is 39.5 Å². The second-order valence-electron chi connectivity index (χ2n) is 21.2. The fourth-order valence-corrected chi connectivity index (χ4v) is 9.38. The molecule has 506 valence electrons. The molecule has 0 aliphatic heterocycles. The molecule has 6 aromatic carbocycles. The molecule has 6 N–H and O–H groups in total. The van der Waals surface area contributed by atoms with Gasteiger partial charge in [-0.1, -0.05) is 191 Å². The van der Waals surface area contributed by atoms with Gasteiger partial charge >= 0.3 is 11.9 Å². The molecule has 0 aliphatic carbocycles. The molecule has 1 amide bonds. The molecule has 17 heteroatoms. The van der Waals surface area contributed by atoms with Crippen molar-refractivity contribution in [1.29, 1.82) is 0 Å². The van der Waals surface area contributed by atoms with Crippen molar-refractivity contribution in [2.45, 2.75) is 86.1 Å². The number of aromatic nitrogens is 3. The van der Waals surface area contributed by atoms with Crippen molar-refractivity contribution in [3.05, 3.63) is 322 Å². The minimum absolute atomic E-state index is 0. The number of amides is 1. The second-order valence-corrected chi connectivity index (χ2v) is 21.2. The van der Waals surface area contributed by atoms with Gasteiger partial charge < -0.3 is 20.0 Å². The Labute approximate surface area is 574 Å². The van der Waals surface area contributed by atoms with E-state index in [2.05, 4.69) is 173 Å². The summed E-state index contributed by atoms with van der Waals surface area (Å²) in [4.78, 5) is 60.5. The number of aryl methyl sites for hydroxylation is 3. The number of pyridine rings is 3. The van der Waals surface area contributed by atoms with Crippen LogP contribution in [-0.4, -0.2) is 93.2 Å². The molecule has 0 fully saturated rings. The zero-order chi connectivity index (χ0) is 66.2. The van der Waals surface area contributed by atoms with Gasteiger partial charge in [-0.15, -0.1) is 12.4 Å². The quantitative estimate of drug-likeness (QED) is 0.00735. The van der Waals surface area contributed by atoms with E-state index in [4.69, 9.17) is 10.4 Å². The predicted octanol–water partition coefficient (Wildman–Crippen LogP) is 14.7. The number of methoxy groups -OCH3 is 2. The molecule has 9 rings (SSSR count). The first-order chi connectivity index (χ1) is 45.7. The van der Waals surface area contributed by atoms with E-state index < -0.39 is 5.91 Å². The number of halogens is 1. The number of ether oxygens (including phenoxy) is 2. The number of nitrogens with one attached hydrogen (secondary N) is 2. The van der Waals surface area contributed by atoms with Crippen LogP contribution in [0.1, 0.15) is 106 Å². The maximum absolute atomic E-state index is 11.3. The summed E-state index contributed by atoms with van der Waals surface area (Å²) >= 11 is 0. The molecular formula is C79H95ClN8O8. The summed E-state index contributed by atoms with van der Waals surface area (Å²) in [6.07, 6.45) is 27.3. The van der Waals surface area contributed by atoms with E-state index in [0.717, 1.165) is 114 Å². The molecule has 16 nitrogen and oxygen atoms in total. The maximum atomic E-state index is 11.3. The summed E-state index contributed by atoms with van der Waals surface area (Å²) in [6, 6.07) is 67.9. The number of rotatable bonds is 29. The number of nitrogens with zero attached hydrogens (tertiary/aromatic N) is 5. The summed E-state index contributed by atoms with van der Waals surface area (Å²) < 4.78 is 9.20. The highest BCUT2D eigenvalue weighted by Gasteiger charge is 2.11. The van der Waals surface area contributed by atoms with Crippen LogP contribution in [0.25, 0.3) is 18.2 Å².